The fourth-order valence-electron chi connectivity index (χ4n) is 0.687. The lowest BCUT2D eigenvalue weighted by molar-refractivity contribution is 0.0968. The lowest BCUT2D eigenvalue weighted by Crippen LogP contribution is -2.33. The van der Waals surface area contributed by atoms with E-state index in [2.05, 4.69) is 0 Å². The quantitative estimate of drug-likeness (QED) is 0.345. The first kappa shape index (κ1) is 11.0. The number of hydrogen-bond acceptors (Lipinski definition) is 5. The Balaban J connectivity index is 0.000000187. The largest absolute Gasteiger partial charge is 0.668 e. The van der Waals surface area contributed by atoms with Gasteiger partial charge in [0.25, 0.3) is 0 Å². The molecule has 0 aromatic rings. The molecule has 0 bridgehead atoms. The Bertz CT molecular complexity index is 69.9. The van der Waals surface area contributed by atoms with Gasteiger partial charge in [0.1, 0.15) is 0 Å². The van der Waals surface area contributed by atoms with E-state index in [4.69, 9.17) is 23.9 Å². The van der Waals surface area contributed by atoms with Gasteiger partial charge in [0.2, 0.25) is 0 Å². The van der Waals surface area contributed by atoms with Gasteiger partial charge in [0, 0.05) is 13.2 Å². The molecule has 0 aliphatic carbocycles. The monoisotopic (exact) mass is 182 g/mol. The zero-order valence-electron chi connectivity index (χ0n) is 6.23. The summed E-state index contributed by atoms with van der Waals surface area (Å²) in [4.78, 5) is 29.3. The fraction of sp³-hybridized carbons (Fsp3) is 1.00. The summed E-state index contributed by atoms with van der Waals surface area (Å²) in [7, 11) is -4.61. The Morgan fingerprint density at radius 3 is 1.27 bits per heavy atom. The standard InChI is InChI=1S/C5H10O.H4O4Si/c1-2-4-6-5-3-1;1-5(2,3)4/h1-5H2;1-4H. The second-order valence-electron chi connectivity index (χ2n) is 2.27. The lowest BCUT2D eigenvalue weighted by Gasteiger charge is -2.08. The van der Waals surface area contributed by atoms with Crippen molar-refractivity contribution in [2.24, 2.45) is 0 Å². The topological polar surface area (TPSA) is 90.2 Å². The minimum absolute atomic E-state index is 1.00. The molecule has 6 heteroatoms. The Labute approximate surface area is 66.4 Å². The third kappa shape index (κ3) is 17.8. The molecule has 1 aliphatic rings. The summed E-state index contributed by atoms with van der Waals surface area (Å²) in [5, 5.41) is 0. The number of hydrogen-bond donors (Lipinski definition) is 4. The van der Waals surface area contributed by atoms with Crippen LogP contribution in [0.4, 0.5) is 0 Å². The van der Waals surface area contributed by atoms with Gasteiger partial charge in [-0.1, -0.05) is 0 Å². The van der Waals surface area contributed by atoms with Crippen LogP contribution >= 0.6 is 0 Å². The van der Waals surface area contributed by atoms with E-state index in [1.807, 2.05) is 0 Å². The number of ether oxygens (including phenoxy) is 1. The average Bonchev–Trinajstić information content (AvgIpc) is 1.88. The van der Waals surface area contributed by atoms with Crippen molar-refractivity contribution in [3.05, 3.63) is 0 Å². The maximum Gasteiger partial charge on any atom is 0.668 e. The average molecular weight is 182 g/mol. The van der Waals surface area contributed by atoms with Gasteiger partial charge in [-0.05, 0) is 19.3 Å². The second-order valence-corrected chi connectivity index (χ2v) is 3.47. The van der Waals surface area contributed by atoms with Crippen molar-refractivity contribution in [3.63, 3.8) is 0 Å². The zero-order chi connectivity index (χ0) is 8.74. The van der Waals surface area contributed by atoms with E-state index in [1.165, 1.54) is 19.3 Å². The molecular formula is C5H14O5Si. The zero-order valence-corrected chi connectivity index (χ0v) is 7.23. The first-order valence-corrected chi connectivity index (χ1v) is 5.26. The van der Waals surface area contributed by atoms with Crippen molar-refractivity contribution < 1.29 is 23.9 Å². The number of rotatable bonds is 0. The van der Waals surface area contributed by atoms with Gasteiger partial charge < -0.3 is 23.9 Å². The maximum absolute atomic E-state index is 7.33. The van der Waals surface area contributed by atoms with E-state index in [1.54, 1.807) is 0 Å². The molecule has 0 radical (unpaired) electrons. The maximum atomic E-state index is 7.33. The highest BCUT2D eigenvalue weighted by molar-refractivity contribution is 6.46. The SMILES string of the molecule is C1CCOCC1.O[Si](O)(O)O. The van der Waals surface area contributed by atoms with E-state index in [0.717, 1.165) is 13.2 Å². The Morgan fingerprint density at radius 1 is 0.818 bits per heavy atom. The summed E-state index contributed by atoms with van der Waals surface area (Å²) in [5.41, 5.74) is 0. The third-order valence-corrected chi connectivity index (χ3v) is 1.08. The minimum atomic E-state index is -4.61. The molecule has 5 nitrogen and oxygen atoms in total. The van der Waals surface area contributed by atoms with Crippen LogP contribution in [-0.4, -0.2) is 41.4 Å². The summed E-state index contributed by atoms with van der Waals surface area (Å²) in [6, 6.07) is 0. The van der Waals surface area contributed by atoms with Crippen LogP contribution in [0.25, 0.3) is 0 Å². The molecule has 1 heterocycles. The summed E-state index contributed by atoms with van der Waals surface area (Å²) in [6.07, 6.45) is 3.93. The first-order chi connectivity index (χ1) is 5.00. The molecule has 0 saturated carbocycles. The highest BCUT2D eigenvalue weighted by Gasteiger charge is 2.22. The lowest BCUT2D eigenvalue weighted by atomic mass is 10.2. The molecule has 1 rings (SSSR count). The summed E-state index contributed by atoms with van der Waals surface area (Å²) in [5.74, 6) is 0. The predicted molar refractivity (Wildman–Crippen MR) is 39.3 cm³/mol. The van der Waals surface area contributed by atoms with E-state index < -0.39 is 9.05 Å². The summed E-state index contributed by atoms with van der Waals surface area (Å²) >= 11 is 0. The molecule has 0 unspecified atom stereocenters. The van der Waals surface area contributed by atoms with Crippen molar-refractivity contribution in [2.75, 3.05) is 13.2 Å². The van der Waals surface area contributed by atoms with Crippen molar-refractivity contribution in [3.8, 4) is 0 Å². The van der Waals surface area contributed by atoms with Gasteiger partial charge >= 0.3 is 9.05 Å². The van der Waals surface area contributed by atoms with Gasteiger partial charge in [0.05, 0.1) is 0 Å². The van der Waals surface area contributed by atoms with Gasteiger partial charge in [-0.2, -0.15) is 0 Å². The molecule has 0 atom stereocenters. The van der Waals surface area contributed by atoms with E-state index >= 15 is 0 Å². The van der Waals surface area contributed by atoms with Crippen molar-refractivity contribution >= 4 is 9.05 Å². The molecule has 11 heavy (non-hydrogen) atoms. The van der Waals surface area contributed by atoms with Crippen LogP contribution < -0.4 is 0 Å². The van der Waals surface area contributed by atoms with E-state index in [-0.39, 0.29) is 0 Å². The summed E-state index contributed by atoms with van der Waals surface area (Å²) < 4.78 is 5.07. The predicted octanol–water partition coefficient (Wildman–Crippen LogP) is -1.42. The first-order valence-electron chi connectivity index (χ1n) is 3.47. The molecule has 0 amide bonds. The van der Waals surface area contributed by atoms with E-state index in [9.17, 15) is 0 Å². The highest BCUT2D eigenvalue weighted by atomic mass is 28.4. The molecule has 1 saturated heterocycles. The summed E-state index contributed by atoms with van der Waals surface area (Å²) in [6.45, 7) is 2.00. The highest BCUT2D eigenvalue weighted by Crippen LogP contribution is 2.02. The molecule has 0 aromatic carbocycles. The van der Waals surface area contributed by atoms with Gasteiger partial charge in [-0.15, -0.1) is 0 Å². The molecule has 0 aromatic heterocycles. The van der Waals surface area contributed by atoms with Gasteiger partial charge in [-0.3, -0.25) is 0 Å². The minimum Gasteiger partial charge on any atom is -0.381 e. The van der Waals surface area contributed by atoms with Crippen molar-refractivity contribution in [1.82, 2.24) is 0 Å². The van der Waals surface area contributed by atoms with Crippen LogP contribution in [0, 0.1) is 0 Å². The van der Waals surface area contributed by atoms with Crippen LogP contribution in [0.3, 0.4) is 0 Å². The fourth-order valence-corrected chi connectivity index (χ4v) is 0.687. The Hall–Kier alpha value is 0.0169. The molecule has 4 N–H and O–H groups in total. The van der Waals surface area contributed by atoms with E-state index in [0.29, 0.717) is 0 Å². The molecule has 1 aliphatic heterocycles. The van der Waals surface area contributed by atoms with Crippen LogP contribution in [0.15, 0.2) is 0 Å². The molecule has 1 fully saturated rings. The van der Waals surface area contributed by atoms with Gasteiger partial charge in [0.15, 0.2) is 0 Å². The van der Waals surface area contributed by atoms with Crippen molar-refractivity contribution in [2.45, 2.75) is 19.3 Å². The molecule has 0 spiro atoms. The normalized spacial score (nSPS) is 18.5. The second kappa shape index (κ2) is 5.64. The third-order valence-electron chi connectivity index (χ3n) is 1.08. The van der Waals surface area contributed by atoms with Crippen LogP contribution in [-0.2, 0) is 4.74 Å². The molecule has 68 valence electrons. The van der Waals surface area contributed by atoms with Crippen LogP contribution in [0.5, 0.6) is 0 Å². The van der Waals surface area contributed by atoms with Crippen LogP contribution in [0.1, 0.15) is 19.3 Å². The smallest absolute Gasteiger partial charge is 0.381 e. The Kier molecular flexibility index (Phi) is 5.65. The molecular weight excluding hydrogens is 168 g/mol. The van der Waals surface area contributed by atoms with Crippen LogP contribution in [0.2, 0.25) is 0 Å². The van der Waals surface area contributed by atoms with Gasteiger partial charge in [-0.25, -0.2) is 0 Å². The van der Waals surface area contributed by atoms with Crippen molar-refractivity contribution in [1.29, 1.82) is 0 Å². The Morgan fingerprint density at radius 2 is 1.18 bits per heavy atom.